The minimum absolute atomic E-state index is 0.0370. The van der Waals surface area contributed by atoms with Gasteiger partial charge in [-0.1, -0.05) is 12.5 Å². The van der Waals surface area contributed by atoms with Crippen LogP contribution in [0.25, 0.3) is 0 Å². The molecule has 8 nitrogen and oxygen atoms in total. The van der Waals surface area contributed by atoms with Crippen molar-refractivity contribution in [3.8, 4) is 0 Å². The number of aliphatic carboxylic acids is 1. The van der Waals surface area contributed by atoms with E-state index in [0.717, 1.165) is 49.0 Å². The van der Waals surface area contributed by atoms with Gasteiger partial charge in [-0.15, -0.1) is 11.3 Å². The summed E-state index contributed by atoms with van der Waals surface area (Å²) in [5.41, 5.74) is 4.95. The van der Waals surface area contributed by atoms with Crippen molar-refractivity contribution in [2.75, 3.05) is 11.9 Å². The second-order valence-corrected chi connectivity index (χ2v) is 12.5. The van der Waals surface area contributed by atoms with Crippen molar-refractivity contribution in [2.24, 2.45) is 35.0 Å². The molecule has 0 saturated heterocycles. The molecule has 36 heavy (non-hydrogen) atoms. The van der Waals surface area contributed by atoms with Crippen LogP contribution in [-0.4, -0.2) is 34.4 Å². The number of amides is 1. The third-order valence-electron chi connectivity index (χ3n) is 9.01. The Morgan fingerprint density at radius 1 is 1.22 bits per heavy atom. The van der Waals surface area contributed by atoms with Gasteiger partial charge < -0.3 is 10.4 Å². The number of carbonyl (C=O) groups is 3. The zero-order valence-corrected chi connectivity index (χ0v) is 21.7. The van der Waals surface area contributed by atoms with Crippen LogP contribution in [0, 0.1) is 41.9 Å². The fourth-order valence-corrected chi connectivity index (χ4v) is 8.39. The van der Waals surface area contributed by atoms with Gasteiger partial charge in [-0.05, 0) is 87.0 Å². The van der Waals surface area contributed by atoms with Crippen molar-refractivity contribution in [1.82, 2.24) is 10.5 Å². The van der Waals surface area contributed by atoms with Gasteiger partial charge in [-0.2, -0.15) is 0 Å². The van der Waals surface area contributed by atoms with E-state index < -0.39 is 12.6 Å². The zero-order valence-electron chi connectivity index (χ0n) is 20.9. The quantitative estimate of drug-likeness (QED) is 0.434. The number of rotatable bonds is 8. The van der Waals surface area contributed by atoms with Gasteiger partial charge in [0.2, 0.25) is 5.91 Å². The molecule has 0 radical (unpaired) electrons. The van der Waals surface area contributed by atoms with Gasteiger partial charge in [-0.3, -0.25) is 19.9 Å². The number of carboxylic acid groups (broad SMARTS) is 1. The molecule has 4 unspecified atom stereocenters. The summed E-state index contributed by atoms with van der Waals surface area (Å²) >= 11 is 1.50. The van der Waals surface area contributed by atoms with Crippen LogP contribution in [-0.2, 0) is 19.2 Å². The number of hydrogen-bond acceptors (Lipinski definition) is 7. The molecule has 3 N–H and O–H groups in total. The minimum Gasteiger partial charge on any atom is -0.479 e. The lowest BCUT2D eigenvalue weighted by Crippen LogP contribution is -2.48. The average Bonchev–Trinajstić information content (AvgIpc) is 3.39. The Morgan fingerprint density at radius 2 is 2.03 bits per heavy atom. The molecule has 4 aliphatic rings. The number of fused-ring (bicyclic) bond motifs is 5. The van der Waals surface area contributed by atoms with E-state index in [4.69, 9.17) is 9.94 Å². The van der Waals surface area contributed by atoms with E-state index in [9.17, 15) is 14.4 Å². The number of aryl methyl sites for hydroxylation is 1. The Kier molecular flexibility index (Phi) is 7.05. The van der Waals surface area contributed by atoms with Gasteiger partial charge in [0.1, 0.15) is 0 Å². The van der Waals surface area contributed by atoms with Crippen LogP contribution in [0.1, 0.15) is 63.2 Å². The molecule has 3 fully saturated rings. The van der Waals surface area contributed by atoms with Gasteiger partial charge in [-0.25, -0.2) is 9.78 Å². The summed E-state index contributed by atoms with van der Waals surface area (Å²) in [5.74, 6) is 0.933. The van der Waals surface area contributed by atoms with E-state index in [1.165, 1.54) is 17.8 Å². The highest BCUT2D eigenvalue weighted by atomic mass is 32.1. The fraction of sp³-hybridized carbons (Fsp3) is 0.630. The summed E-state index contributed by atoms with van der Waals surface area (Å²) in [4.78, 5) is 46.5. The number of hydrogen-bond donors (Lipinski definition) is 3. The highest BCUT2D eigenvalue weighted by Crippen LogP contribution is 2.64. The van der Waals surface area contributed by atoms with E-state index in [1.54, 1.807) is 18.3 Å². The maximum absolute atomic E-state index is 12.7. The molecule has 6 atom stereocenters. The number of thiazole rings is 1. The number of aromatic nitrogens is 1. The molecule has 1 heterocycles. The molecule has 0 aromatic carbocycles. The molecule has 194 valence electrons. The summed E-state index contributed by atoms with van der Waals surface area (Å²) < 4.78 is 0. The zero-order chi connectivity index (χ0) is 25.4. The first-order chi connectivity index (χ1) is 17.2. The summed E-state index contributed by atoms with van der Waals surface area (Å²) in [6.07, 6.45) is 13.0. The Morgan fingerprint density at radius 3 is 2.78 bits per heavy atom. The van der Waals surface area contributed by atoms with E-state index in [1.807, 2.05) is 6.92 Å². The number of nitrogens with one attached hydrogen (secondary N) is 2. The molecule has 1 amide bonds. The van der Waals surface area contributed by atoms with E-state index in [2.05, 4.69) is 22.7 Å². The fourth-order valence-electron chi connectivity index (χ4n) is 7.71. The van der Waals surface area contributed by atoms with Crippen LogP contribution in [0.15, 0.2) is 29.6 Å². The maximum atomic E-state index is 12.7. The molecule has 4 aliphatic carbocycles. The maximum Gasteiger partial charge on any atom is 0.332 e. The Balaban J connectivity index is 1.29. The number of nitrogens with zero attached hydrogens (tertiary/aromatic N) is 1. The molecule has 3 saturated carbocycles. The lowest BCUT2D eigenvalue weighted by atomic mass is 9.51. The van der Waals surface area contributed by atoms with Crippen molar-refractivity contribution >= 4 is 34.1 Å². The van der Waals surface area contributed by atoms with Crippen molar-refractivity contribution in [3.05, 3.63) is 34.5 Å². The molecule has 0 bridgehead atoms. The van der Waals surface area contributed by atoms with Crippen LogP contribution in [0.2, 0.25) is 0 Å². The second kappa shape index (κ2) is 10.1. The number of carbonyl (C=O) groups excluding carboxylic acids is 2. The second-order valence-electron chi connectivity index (χ2n) is 11.2. The van der Waals surface area contributed by atoms with Gasteiger partial charge in [0.25, 0.3) is 0 Å². The molecule has 0 spiro atoms. The minimum atomic E-state index is -1.06. The highest BCUT2D eigenvalue weighted by molar-refractivity contribution is 7.15. The summed E-state index contributed by atoms with van der Waals surface area (Å²) in [6.45, 7) is 3.96. The van der Waals surface area contributed by atoms with Crippen LogP contribution in [0.5, 0.6) is 0 Å². The van der Waals surface area contributed by atoms with Crippen molar-refractivity contribution < 1.29 is 24.3 Å². The lowest BCUT2D eigenvalue weighted by molar-refractivity contribution is -0.144. The van der Waals surface area contributed by atoms with Gasteiger partial charge in [0.15, 0.2) is 17.5 Å². The number of ketones is 1. The SMILES string of the molecule is Cc1cnc(NC(=O)CC[C@H]2CC[C@@]3(C)CCC4C5C(=CC(=O)C=C5NOCC(=O)O)CCC4C23)s1. The van der Waals surface area contributed by atoms with Gasteiger partial charge in [0, 0.05) is 35.2 Å². The predicted octanol–water partition coefficient (Wildman–Crippen LogP) is 4.64. The van der Waals surface area contributed by atoms with Crippen LogP contribution in [0.4, 0.5) is 5.13 Å². The number of anilines is 1. The van der Waals surface area contributed by atoms with Crippen molar-refractivity contribution in [3.63, 3.8) is 0 Å². The normalized spacial score (nSPS) is 33.1. The molecule has 1 aromatic rings. The number of carboxylic acids is 1. The summed E-state index contributed by atoms with van der Waals surface area (Å²) in [7, 11) is 0. The molecule has 5 rings (SSSR count). The largest absolute Gasteiger partial charge is 0.479 e. The Hall–Kier alpha value is -2.52. The smallest absolute Gasteiger partial charge is 0.332 e. The Labute approximate surface area is 215 Å². The first-order valence-corrected chi connectivity index (χ1v) is 13.8. The summed E-state index contributed by atoms with van der Waals surface area (Å²) in [5, 5.41) is 12.6. The Bertz CT molecular complexity index is 1110. The monoisotopic (exact) mass is 513 g/mol. The van der Waals surface area contributed by atoms with Gasteiger partial charge >= 0.3 is 5.97 Å². The standard InChI is InChI=1S/C27H35N3O5S/c1-15-13-28-26(36-15)29-22(32)6-4-16-7-9-27(2)10-8-19-20(25(16)27)5-3-17-11-18(31)12-21(24(17)19)30-35-14-23(33)34/h11-13,16,19-20,24-25,30H,3-10,14H2,1-2H3,(H,33,34)(H,28,29,32)/t16-,19?,20?,24?,25?,27-/m0/s1. The third-order valence-corrected chi connectivity index (χ3v) is 9.84. The molecule has 0 aliphatic heterocycles. The number of allylic oxidation sites excluding steroid dienone is 3. The summed E-state index contributed by atoms with van der Waals surface area (Å²) in [6, 6.07) is 0. The first-order valence-electron chi connectivity index (χ1n) is 13.0. The number of hydroxylamine groups is 1. The van der Waals surface area contributed by atoms with Crippen molar-refractivity contribution in [1.29, 1.82) is 0 Å². The van der Waals surface area contributed by atoms with Crippen LogP contribution in [0.3, 0.4) is 0 Å². The molecule has 1 aromatic heterocycles. The van der Waals surface area contributed by atoms with Crippen molar-refractivity contribution in [2.45, 2.75) is 65.2 Å². The van der Waals surface area contributed by atoms with E-state index in [0.29, 0.717) is 40.9 Å². The molecule has 9 heteroatoms. The third kappa shape index (κ3) is 5.00. The average molecular weight is 514 g/mol. The van der Waals surface area contributed by atoms with Crippen LogP contribution >= 0.6 is 11.3 Å². The van der Waals surface area contributed by atoms with E-state index >= 15 is 0 Å². The first kappa shape index (κ1) is 25.1. The van der Waals surface area contributed by atoms with Crippen LogP contribution < -0.4 is 10.8 Å². The highest BCUT2D eigenvalue weighted by Gasteiger charge is 2.56. The lowest BCUT2D eigenvalue weighted by Gasteiger charge is -2.54. The molecular formula is C27H35N3O5S. The van der Waals surface area contributed by atoms with E-state index in [-0.39, 0.29) is 23.0 Å². The predicted molar refractivity (Wildman–Crippen MR) is 136 cm³/mol. The topological polar surface area (TPSA) is 118 Å². The molecular weight excluding hydrogens is 478 g/mol. The van der Waals surface area contributed by atoms with Gasteiger partial charge in [0.05, 0.1) is 0 Å².